The summed E-state index contributed by atoms with van der Waals surface area (Å²) in [6.07, 6.45) is 4.99. The molecule has 1 aliphatic carbocycles. The average Bonchev–Trinajstić information content (AvgIpc) is 2.75. The van der Waals surface area contributed by atoms with Gasteiger partial charge in [-0.25, -0.2) is 4.98 Å². The van der Waals surface area contributed by atoms with E-state index in [4.69, 9.17) is 15.7 Å². The lowest BCUT2D eigenvalue weighted by molar-refractivity contribution is 0.289. The molecule has 1 fully saturated rings. The van der Waals surface area contributed by atoms with Gasteiger partial charge in [0, 0.05) is 25.0 Å². The Bertz CT molecular complexity index is 722. The van der Waals surface area contributed by atoms with Gasteiger partial charge in [-0.3, -0.25) is 0 Å². The fraction of sp³-hybridized carbons (Fsp3) is 0.636. The first kappa shape index (κ1) is 20.8. The molecular weight excluding hydrogens is 348 g/mol. The second-order valence-electron chi connectivity index (χ2n) is 7.87. The molecule has 3 rings (SSSR count). The molecule has 1 aromatic carbocycles. The van der Waals surface area contributed by atoms with Gasteiger partial charge < -0.3 is 21.3 Å². The van der Waals surface area contributed by atoms with Crippen molar-refractivity contribution in [2.24, 2.45) is 17.6 Å². The highest BCUT2D eigenvalue weighted by molar-refractivity contribution is 5.90. The normalized spacial score (nSPS) is 19.9. The monoisotopic (exact) mass is 384 g/mol. The Balaban J connectivity index is 1.64. The largest absolute Gasteiger partial charge is 0.368 e. The van der Waals surface area contributed by atoms with E-state index < -0.39 is 0 Å². The molecule has 0 saturated heterocycles. The van der Waals surface area contributed by atoms with E-state index in [0.29, 0.717) is 5.92 Å². The van der Waals surface area contributed by atoms with E-state index >= 15 is 0 Å². The molecule has 1 aliphatic rings. The van der Waals surface area contributed by atoms with Crippen LogP contribution >= 0.6 is 0 Å². The summed E-state index contributed by atoms with van der Waals surface area (Å²) in [6.45, 7) is 10.2. The van der Waals surface area contributed by atoms with Crippen LogP contribution in [0.2, 0.25) is 0 Å². The van der Waals surface area contributed by atoms with Gasteiger partial charge in [0.25, 0.3) is 0 Å². The van der Waals surface area contributed by atoms with Crippen molar-refractivity contribution in [2.45, 2.75) is 39.5 Å². The zero-order valence-corrected chi connectivity index (χ0v) is 17.5. The van der Waals surface area contributed by atoms with Gasteiger partial charge in [0.15, 0.2) is 0 Å². The second kappa shape index (κ2) is 10.6. The van der Waals surface area contributed by atoms with Crippen LogP contribution in [-0.4, -0.2) is 54.1 Å². The summed E-state index contributed by atoms with van der Waals surface area (Å²) in [4.78, 5) is 11.9. The topological polar surface area (TPSA) is 79.1 Å². The molecule has 0 amide bonds. The summed E-state index contributed by atoms with van der Waals surface area (Å²) in [6, 6.07) is 8.23. The fourth-order valence-corrected chi connectivity index (χ4v) is 4.07. The summed E-state index contributed by atoms with van der Waals surface area (Å²) in [5.41, 5.74) is 6.80. The van der Waals surface area contributed by atoms with E-state index in [-0.39, 0.29) is 0 Å². The molecule has 6 heteroatoms. The summed E-state index contributed by atoms with van der Waals surface area (Å²) in [5.74, 6) is 3.06. The van der Waals surface area contributed by atoms with Crippen molar-refractivity contribution in [2.75, 3.05) is 49.9 Å². The van der Waals surface area contributed by atoms with Gasteiger partial charge in [0.05, 0.1) is 5.52 Å². The molecule has 0 aliphatic heterocycles. The van der Waals surface area contributed by atoms with Crippen LogP contribution in [0.3, 0.4) is 0 Å². The minimum atomic E-state index is 0.692. The molecule has 28 heavy (non-hydrogen) atoms. The molecule has 0 spiro atoms. The number of nitrogens with two attached hydrogens (primary N) is 1. The van der Waals surface area contributed by atoms with Gasteiger partial charge in [0.2, 0.25) is 5.95 Å². The first-order chi connectivity index (χ1) is 13.7. The summed E-state index contributed by atoms with van der Waals surface area (Å²) in [7, 11) is 0. The molecule has 1 saturated carbocycles. The highest BCUT2D eigenvalue weighted by atomic mass is 15.2. The molecular formula is C22H36N6. The van der Waals surface area contributed by atoms with Gasteiger partial charge in [0.1, 0.15) is 5.82 Å². The van der Waals surface area contributed by atoms with Crippen LogP contribution in [0.15, 0.2) is 24.3 Å². The maximum Gasteiger partial charge on any atom is 0.225 e. The minimum absolute atomic E-state index is 0.692. The molecule has 1 aromatic heterocycles. The lowest BCUT2D eigenvalue weighted by atomic mass is 9.82. The van der Waals surface area contributed by atoms with Crippen LogP contribution in [0.25, 0.3) is 10.9 Å². The van der Waals surface area contributed by atoms with E-state index in [2.05, 4.69) is 41.5 Å². The number of hydrogen-bond acceptors (Lipinski definition) is 6. The van der Waals surface area contributed by atoms with Gasteiger partial charge in [-0.2, -0.15) is 4.98 Å². The first-order valence-electron chi connectivity index (χ1n) is 10.9. The lowest BCUT2D eigenvalue weighted by Crippen LogP contribution is -2.29. The van der Waals surface area contributed by atoms with Gasteiger partial charge in [-0.15, -0.1) is 0 Å². The Morgan fingerprint density at radius 1 is 1.00 bits per heavy atom. The Morgan fingerprint density at radius 3 is 2.43 bits per heavy atom. The summed E-state index contributed by atoms with van der Waals surface area (Å²) >= 11 is 0. The maximum absolute atomic E-state index is 5.81. The molecule has 6 nitrogen and oxygen atoms in total. The molecule has 1 heterocycles. The first-order valence-corrected chi connectivity index (χ1v) is 10.9. The minimum Gasteiger partial charge on any atom is -0.368 e. The number of likely N-dealkylation sites (N-methyl/N-ethyl adjacent to an activating group) is 1. The SMILES string of the molecule is CCN(CC)CCNc1nc(NCC2CCC(CN)CC2)nc2ccccc12. The maximum atomic E-state index is 5.81. The highest BCUT2D eigenvalue weighted by Crippen LogP contribution is 2.28. The third-order valence-electron chi connectivity index (χ3n) is 6.07. The van der Waals surface area contributed by atoms with Crippen LogP contribution in [-0.2, 0) is 0 Å². The van der Waals surface area contributed by atoms with Gasteiger partial charge >= 0.3 is 0 Å². The Hall–Kier alpha value is -1.92. The number of hydrogen-bond donors (Lipinski definition) is 3. The van der Waals surface area contributed by atoms with E-state index in [0.717, 1.165) is 67.9 Å². The van der Waals surface area contributed by atoms with Crippen molar-refractivity contribution in [3.63, 3.8) is 0 Å². The molecule has 0 bridgehead atoms. The van der Waals surface area contributed by atoms with Crippen molar-refractivity contribution < 1.29 is 0 Å². The smallest absolute Gasteiger partial charge is 0.225 e. The van der Waals surface area contributed by atoms with Crippen molar-refractivity contribution in [3.8, 4) is 0 Å². The van der Waals surface area contributed by atoms with E-state index in [1.807, 2.05) is 12.1 Å². The van der Waals surface area contributed by atoms with Crippen LogP contribution < -0.4 is 16.4 Å². The predicted octanol–water partition coefficient (Wildman–Crippen LogP) is 3.56. The van der Waals surface area contributed by atoms with Crippen molar-refractivity contribution in [1.29, 1.82) is 0 Å². The van der Waals surface area contributed by atoms with Gasteiger partial charge in [-0.05, 0) is 69.3 Å². The lowest BCUT2D eigenvalue weighted by Gasteiger charge is -2.27. The van der Waals surface area contributed by atoms with Crippen LogP contribution in [0, 0.1) is 11.8 Å². The Kier molecular flexibility index (Phi) is 7.86. The number of nitrogens with zero attached hydrogens (tertiary/aromatic N) is 3. The average molecular weight is 385 g/mol. The zero-order chi connectivity index (χ0) is 19.8. The van der Waals surface area contributed by atoms with E-state index in [1.165, 1.54) is 25.7 Å². The molecule has 0 unspecified atom stereocenters. The number of aromatic nitrogens is 2. The van der Waals surface area contributed by atoms with E-state index in [9.17, 15) is 0 Å². The van der Waals surface area contributed by atoms with E-state index in [1.54, 1.807) is 0 Å². The fourth-order valence-electron chi connectivity index (χ4n) is 4.07. The number of nitrogens with one attached hydrogen (secondary N) is 2. The summed E-state index contributed by atoms with van der Waals surface area (Å²) in [5, 5.41) is 8.11. The Morgan fingerprint density at radius 2 is 1.71 bits per heavy atom. The van der Waals surface area contributed by atoms with Crippen LogP contribution in [0.5, 0.6) is 0 Å². The predicted molar refractivity (Wildman–Crippen MR) is 119 cm³/mol. The summed E-state index contributed by atoms with van der Waals surface area (Å²) < 4.78 is 0. The quantitative estimate of drug-likeness (QED) is 0.581. The molecule has 0 radical (unpaired) electrons. The number of benzene rings is 1. The number of anilines is 2. The third-order valence-corrected chi connectivity index (χ3v) is 6.07. The molecule has 0 atom stereocenters. The number of fused-ring (bicyclic) bond motifs is 1. The van der Waals surface area contributed by atoms with Crippen molar-refractivity contribution in [3.05, 3.63) is 24.3 Å². The number of rotatable bonds is 10. The van der Waals surface area contributed by atoms with Crippen molar-refractivity contribution in [1.82, 2.24) is 14.9 Å². The molecule has 4 N–H and O–H groups in total. The second-order valence-corrected chi connectivity index (χ2v) is 7.87. The standard InChI is InChI=1S/C22H36N6/c1-3-28(4-2)14-13-24-21-19-7-5-6-8-20(19)26-22(27-21)25-16-18-11-9-17(15-23)10-12-18/h5-8,17-18H,3-4,9-16,23H2,1-2H3,(H2,24,25,26,27). The van der Waals surface area contributed by atoms with Gasteiger partial charge in [-0.1, -0.05) is 26.0 Å². The molecule has 2 aromatic rings. The van der Waals surface area contributed by atoms with Crippen molar-refractivity contribution >= 4 is 22.7 Å². The third kappa shape index (κ3) is 5.55. The Labute approximate surface area is 169 Å². The highest BCUT2D eigenvalue weighted by Gasteiger charge is 2.20. The van der Waals surface area contributed by atoms with Crippen LogP contribution in [0.1, 0.15) is 39.5 Å². The van der Waals surface area contributed by atoms with Crippen LogP contribution in [0.4, 0.5) is 11.8 Å². The zero-order valence-electron chi connectivity index (χ0n) is 17.5. The number of para-hydroxylation sites is 1. The molecule has 154 valence electrons.